The Bertz CT molecular complexity index is 555. The zero-order valence-corrected chi connectivity index (χ0v) is 10.7. The van der Waals surface area contributed by atoms with E-state index < -0.39 is 23.0 Å². The van der Waals surface area contributed by atoms with Gasteiger partial charge in [-0.05, 0) is 25.0 Å². The lowest BCUT2D eigenvalue weighted by Crippen LogP contribution is -2.45. The molecule has 0 unspecified atom stereocenters. The zero-order valence-electron chi connectivity index (χ0n) is 10.7. The van der Waals surface area contributed by atoms with Crippen LogP contribution >= 0.6 is 0 Å². The molecule has 1 aliphatic carbocycles. The number of benzene rings is 1. The van der Waals surface area contributed by atoms with E-state index in [2.05, 4.69) is 10.5 Å². The van der Waals surface area contributed by atoms with Gasteiger partial charge in [0.1, 0.15) is 5.41 Å². The average Bonchev–Trinajstić information content (AvgIpc) is 2.93. The Balaban J connectivity index is 2.28. The number of nitrogens with two attached hydrogens (primary N) is 1. The summed E-state index contributed by atoms with van der Waals surface area (Å²) in [7, 11) is 0. The van der Waals surface area contributed by atoms with Gasteiger partial charge in [-0.3, -0.25) is 4.79 Å². The van der Waals surface area contributed by atoms with Gasteiger partial charge in [0.25, 0.3) is 0 Å². The Labute approximate surface area is 114 Å². The van der Waals surface area contributed by atoms with E-state index in [0.717, 1.165) is 18.9 Å². The third kappa shape index (κ3) is 2.31. The third-order valence-corrected chi connectivity index (χ3v) is 3.69. The number of oxime groups is 1. The molecule has 0 aromatic heterocycles. The molecule has 1 amide bonds. The van der Waals surface area contributed by atoms with E-state index in [-0.39, 0.29) is 11.5 Å². The van der Waals surface area contributed by atoms with Crippen LogP contribution in [0.15, 0.2) is 23.4 Å². The summed E-state index contributed by atoms with van der Waals surface area (Å²) in [4.78, 5) is 12.3. The van der Waals surface area contributed by atoms with Gasteiger partial charge >= 0.3 is 0 Å². The van der Waals surface area contributed by atoms with Crippen LogP contribution in [0.1, 0.15) is 25.7 Å². The average molecular weight is 283 g/mol. The van der Waals surface area contributed by atoms with Gasteiger partial charge in [-0.25, -0.2) is 8.78 Å². The van der Waals surface area contributed by atoms with E-state index >= 15 is 0 Å². The van der Waals surface area contributed by atoms with Crippen molar-refractivity contribution in [2.24, 2.45) is 16.3 Å². The van der Waals surface area contributed by atoms with E-state index in [4.69, 9.17) is 10.9 Å². The quantitative estimate of drug-likeness (QED) is 0.344. The first-order valence-corrected chi connectivity index (χ1v) is 6.25. The number of carbonyl (C=O) groups is 1. The molecule has 0 saturated heterocycles. The molecule has 1 aromatic rings. The van der Waals surface area contributed by atoms with Crippen LogP contribution in [-0.2, 0) is 4.79 Å². The predicted octanol–water partition coefficient (Wildman–Crippen LogP) is 2.21. The number of amides is 1. The van der Waals surface area contributed by atoms with Crippen molar-refractivity contribution in [3.63, 3.8) is 0 Å². The highest BCUT2D eigenvalue weighted by Gasteiger charge is 2.45. The zero-order chi connectivity index (χ0) is 14.8. The highest BCUT2D eigenvalue weighted by atomic mass is 19.2. The SMILES string of the molecule is NC(=NO)C1(C(=O)Nc2cccc(F)c2F)CCCC1. The monoisotopic (exact) mass is 283 g/mol. The summed E-state index contributed by atoms with van der Waals surface area (Å²) >= 11 is 0. The van der Waals surface area contributed by atoms with Gasteiger partial charge in [0.05, 0.1) is 5.69 Å². The summed E-state index contributed by atoms with van der Waals surface area (Å²) in [6.45, 7) is 0. The number of anilines is 1. The molecule has 108 valence electrons. The fourth-order valence-corrected chi connectivity index (χ4v) is 2.52. The van der Waals surface area contributed by atoms with Crippen molar-refractivity contribution in [1.29, 1.82) is 0 Å². The Kier molecular flexibility index (Phi) is 3.87. The van der Waals surface area contributed by atoms with E-state index in [9.17, 15) is 13.6 Å². The van der Waals surface area contributed by atoms with Gasteiger partial charge in [0, 0.05) is 0 Å². The third-order valence-electron chi connectivity index (χ3n) is 3.69. The molecule has 0 atom stereocenters. The smallest absolute Gasteiger partial charge is 0.238 e. The Hall–Kier alpha value is -2.18. The Morgan fingerprint density at radius 1 is 1.35 bits per heavy atom. The Morgan fingerprint density at radius 3 is 2.60 bits per heavy atom. The normalized spacial score (nSPS) is 18.0. The maximum atomic E-state index is 13.6. The fourth-order valence-electron chi connectivity index (χ4n) is 2.52. The first kappa shape index (κ1) is 14.2. The molecule has 0 heterocycles. The van der Waals surface area contributed by atoms with Crippen molar-refractivity contribution in [1.82, 2.24) is 0 Å². The first-order valence-electron chi connectivity index (χ1n) is 6.25. The Morgan fingerprint density at radius 2 is 2.00 bits per heavy atom. The maximum Gasteiger partial charge on any atom is 0.238 e. The largest absolute Gasteiger partial charge is 0.409 e. The van der Waals surface area contributed by atoms with Gasteiger partial charge in [-0.2, -0.15) is 0 Å². The molecule has 0 spiro atoms. The highest BCUT2D eigenvalue weighted by Crippen LogP contribution is 2.39. The van der Waals surface area contributed by atoms with Crippen LogP contribution in [0.25, 0.3) is 0 Å². The van der Waals surface area contributed by atoms with Crippen molar-refractivity contribution in [2.45, 2.75) is 25.7 Å². The van der Waals surface area contributed by atoms with Crippen molar-refractivity contribution in [3.05, 3.63) is 29.8 Å². The molecule has 5 nitrogen and oxygen atoms in total. The minimum absolute atomic E-state index is 0.204. The van der Waals surface area contributed by atoms with Crippen LogP contribution in [-0.4, -0.2) is 17.0 Å². The number of amidine groups is 1. The van der Waals surface area contributed by atoms with E-state index in [1.807, 2.05) is 0 Å². The summed E-state index contributed by atoms with van der Waals surface area (Å²) in [6.07, 6.45) is 2.31. The molecule has 1 aromatic carbocycles. The molecule has 0 aliphatic heterocycles. The van der Waals surface area contributed by atoms with Gasteiger partial charge in [-0.15, -0.1) is 0 Å². The molecule has 7 heteroatoms. The number of hydrogen-bond donors (Lipinski definition) is 3. The molecule has 4 N–H and O–H groups in total. The van der Waals surface area contributed by atoms with Crippen LogP contribution in [0.5, 0.6) is 0 Å². The van der Waals surface area contributed by atoms with Crippen molar-refractivity contribution in [2.75, 3.05) is 5.32 Å². The minimum atomic E-state index is -1.16. The van der Waals surface area contributed by atoms with Crippen LogP contribution in [0.4, 0.5) is 14.5 Å². The summed E-state index contributed by atoms with van der Waals surface area (Å²) in [6, 6.07) is 3.50. The van der Waals surface area contributed by atoms with Crippen LogP contribution in [0.2, 0.25) is 0 Å². The first-order chi connectivity index (χ1) is 9.51. The summed E-state index contributed by atoms with van der Waals surface area (Å²) in [5.74, 6) is -2.97. The molecular weight excluding hydrogens is 268 g/mol. The van der Waals surface area contributed by atoms with Gasteiger partial charge in [0.15, 0.2) is 17.5 Å². The van der Waals surface area contributed by atoms with Crippen LogP contribution in [0.3, 0.4) is 0 Å². The summed E-state index contributed by atoms with van der Waals surface area (Å²) in [5, 5.41) is 14.1. The number of hydrogen-bond acceptors (Lipinski definition) is 3. The van der Waals surface area contributed by atoms with Crippen LogP contribution in [0, 0.1) is 17.0 Å². The lowest BCUT2D eigenvalue weighted by atomic mass is 9.83. The molecule has 0 bridgehead atoms. The predicted molar refractivity (Wildman–Crippen MR) is 69.3 cm³/mol. The van der Waals surface area contributed by atoms with Gasteiger partial charge in [0.2, 0.25) is 5.91 Å². The molecule has 1 fully saturated rings. The molecule has 2 rings (SSSR count). The van der Waals surface area contributed by atoms with Crippen LogP contribution < -0.4 is 11.1 Å². The summed E-state index contributed by atoms with van der Waals surface area (Å²) < 4.78 is 26.7. The molecule has 1 saturated carbocycles. The number of rotatable bonds is 3. The number of halogens is 2. The standard InChI is InChI=1S/C13H15F2N3O2/c14-8-4-3-5-9(10(8)15)17-12(19)13(11(16)18-20)6-1-2-7-13/h3-5,20H,1-2,6-7H2,(H2,16,18)(H,17,19). The maximum absolute atomic E-state index is 13.6. The molecule has 20 heavy (non-hydrogen) atoms. The topological polar surface area (TPSA) is 87.7 Å². The second-order valence-electron chi connectivity index (χ2n) is 4.83. The van der Waals surface area contributed by atoms with E-state index in [1.165, 1.54) is 12.1 Å². The molecule has 0 radical (unpaired) electrons. The highest BCUT2D eigenvalue weighted by molar-refractivity contribution is 6.12. The van der Waals surface area contributed by atoms with Gasteiger partial charge in [-0.1, -0.05) is 24.1 Å². The van der Waals surface area contributed by atoms with Crippen molar-refractivity contribution in [3.8, 4) is 0 Å². The van der Waals surface area contributed by atoms with Crippen molar-refractivity contribution >= 4 is 17.4 Å². The van der Waals surface area contributed by atoms with Gasteiger partial charge < -0.3 is 16.3 Å². The fraction of sp³-hybridized carbons (Fsp3) is 0.385. The second-order valence-corrected chi connectivity index (χ2v) is 4.83. The minimum Gasteiger partial charge on any atom is -0.409 e. The molecule has 1 aliphatic rings. The van der Waals surface area contributed by atoms with Crippen molar-refractivity contribution < 1.29 is 18.8 Å². The second kappa shape index (κ2) is 5.44. The lowest BCUT2D eigenvalue weighted by Gasteiger charge is -2.26. The number of nitrogens with zero attached hydrogens (tertiary/aromatic N) is 1. The number of nitrogens with one attached hydrogen (secondary N) is 1. The molecular formula is C13H15F2N3O2. The van der Waals surface area contributed by atoms with E-state index in [0.29, 0.717) is 12.8 Å². The number of carbonyl (C=O) groups excluding carboxylic acids is 1. The van der Waals surface area contributed by atoms with E-state index in [1.54, 1.807) is 0 Å². The lowest BCUT2D eigenvalue weighted by molar-refractivity contribution is -0.122. The summed E-state index contributed by atoms with van der Waals surface area (Å²) in [5.41, 5.74) is 4.19.